The third kappa shape index (κ3) is 3.75. The maximum absolute atomic E-state index is 5.30. The van der Waals surface area contributed by atoms with Gasteiger partial charge in [0.15, 0.2) is 0 Å². The van der Waals surface area contributed by atoms with E-state index in [0.29, 0.717) is 0 Å². The Hall–Kier alpha value is -0.600. The molecule has 1 heterocycles. The first-order valence-electron chi connectivity index (χ1n) is 4.94. The summed E-state index contributed by atoms with van der Waals surface area (Å²) in [6, 6.07) is 0. The number of morpholine rings is 1. The summed E-state index contributed by atoms with van der Waals surface area (Å²) in [6.45, 7) is 9.10. The highest BCUT2D eigenvalue weighted by molar-refractivity contribution is 5.19. The van der Waals surface area contributed by atoms with Gasteiger partial charge in [-0.05, 0) is 19.4 Å². The van der Waals surface area contributed by atoms with Gasteiger partial charge < -0.3 is 4.74 Å². The summed E-state index contributed by atoms with van der Waals surface area (Å²) in [7, 11) is 0. The predicted octanol–water partition coefficient (Wildman–Crippen LogP) is 1.84. The smallest absolute Gasteiger partial charge is 0.0594 e. The van der Waals surface area contributed by atoms with Crippen molar-refractivity contribution in [2.45, 2.75) is 13.8 Å². The molecule has 1 rings (SSSR count). The lowest BCUT2D eigenvalue weighted by atomic mass is 10.2. The first kappa shape index (κ1) is 10.5. The van der Waals surface area contributed by atoms with Gasteiger partial charge in [-0.2, -0.15) is 0 Å². The van der Waals surface area contributed by atoms with Crippen molar-refractivity contribution in [1.29, 1.82) is 0 Å². The van der Waals surface area contributed by atoms with E-state index >= 15 is 0 Å². The van der Waals surface area contributed by atoms with E-state index in [-0.39, 0.29) is 0 Å². The number of rotatable bonds is 3. The third-order valence-electron chi connectivity index (χ3n) is 2.26. The second-order valence-corrected chi connectivity index (χ2v) is 3.25. The summed E-state index contributed by atoms with van der Waals surface area (Å²) >= 11 is 0. The molecule has 0 bridgehead atoms. The van der Waals surface area contributed by atoms with Gasteiger partial charge in [-0.3, -0.25) is 4.90 Å². The summed E-state index contributed by atoms with van der Waals surface area (Å²) in [5.41, 5.74) is 1.39. The summed E-state index contributed by atoms with van der Waals surface area (Å²) in [6.07, 6.45) is 6.45. The van der Waals surface area contributed by atoms with E-state index in [4.69, 9.17) is 4.74 Å². The van der Waals surface area contributed by atoms with Crippen LogP contribution in [-0.2, 0) is 4.74 Å². The molecule has 2 nitrogen and oxygen atoms in total. The van der Waals surface area contributed by atoms with Crippen molar-refractivity contribution < 1.29 is 4.74 Å². The van der Waals surface area contributed by atoms with Crippen LogP contribution in [0.15, 0.2) is 23.8 Å². The summed E-state index contributed by atoms with van der Waals surface area (Å²) < 4.78 is 5.30. The highest BCUT2D eigenvalue weighted by atomic mass is 16.5. The monoisotopic (exact) mass is 181 g/mol. The molecule has 0 aromatic rings. The Labute approximate surface area is 80.9 Å². The highest BCUT2D eigenvalue weighted by Gasteiger charge is 2.09. The molecule has 0 aromatic carbocycles. The van der Waals surface area contributed by atoms with Crippen LogP contribution in [-0.4, -0.2) is 37.7 Å². The van der Waals surface area contributed by atoms with Crippen molar-refractivity contribution in [3.05, 3.63) is 23.8 Å². The number of hydrogen-bond acceptors (Lipinski definition) is 2. The van der Waals surface area contributed by atoms with E-state index in [1.807, 2.05) is 0 Å². The van der Waals surface area contributed by atoms with Crippen molar-refractivity contribution in [1.82, 2.24) is 4.90 Å². The number of ether oxygens (including phenoxy) is 1. The van der Waals surface area contributed by atoms with Crippen molar-refractivity contribution in [3.63, 3.8) is 0 Å². The number of allylic oxidation sites excluding steroid dienone is 2. The van der Waals surface area contributed by atoms with Crippen LogP contribution in [0.4, 0.5) is 0 Å². The van der Waals surface area contributed by atoms with Crippen LogP contribution in [0, 0.1) is 0 Å². The predicted molar refractivity (Wildman–Crippen MR) is 55.8 cm³/mol. The van der Waals surface area contributed by atoms with Gasteiger partial charge in [0, 0.05) is 19.6 Å². The molecular weight excluding hydrogens is 162 g/mol. The van der Waals surface area contributed by atoms with Gasteiger partial charge >= 0.3 is 0 Å². The van der Waals surface area contributed by atoms with Gasteiger partial charge in [0.2, 0.25) is 0 Å². The Bertz CT molecular complexity index is 190. The van der Waals surface area contributed by atoms with E-state index in [0.717, 1.165) is 32.8 Å². The Kier molecular flexibility index (Phi) is 4.79. The Morgan fingerprint density at radius 1 is 1.31 bits per heavy atom. The van der Waals surface area contributed by atoms with E-state index in [2.05, 4.69) is 37.0 Å². The van der Waals surface area contributed by atoms with Crippen molar-refractivity contribution >= 4 is 0 Å². The Morgan fingerprint density at radius 3 is 2.54 bits per heavy atom. The lowest BCUT2D eigenvalue weighted by Gasteiger charge is -2.26. The Morgan fingerprint density at radius 2 is 2.00 bits per heavy atom. The highest BCUT2D eigenvalue weighted by Crippen LogP contribution is 2.04. The van der Waals surface area contributed by atoms with Gasteiger partial charge in [-0.1, -0.05) is 18.2 Å². The molecule has 1 aliphatic heterocycles. The van der Waals surface area contributed by atoms with Crippen LogP contribution in [0.1, 0.15) is 13.8 Å². The molecule has 13 heavy (non-hydrogen) atoms. The zero-order chi connectivity index (χ0) is 9.52. The molecule has 1 aliphatic rings. The van der Waals surface area contributed by atoms with Crippen LogP contribution in [0.2, 0.25) is 0 Å². The lowest BCUT2D eigenvalue weighted by Crippen LogP contribution is -2.37. The van der Waals surface area contributed by atoms with E-state index in [9.17, 15) is 0 Å². The molecule has 0 radical (unpaired) electrons. The lowest BCUT2D eigenvalue weighted by molar-refractivity contribution is 0.0426. The molecule has 0 spiro atoms. The van der Waals surface area contributed by atoms with Crippen molar-refractivity contribution in [2.24, 2.45) is 0 Å². The second kappa shape index (κ2) is 5.95. The first-order chi connectivity index (χ1) is 6.36. The topological polar surface area (TPSA) is 12.5 Å². The largest absolute Gasteiger partial charge is 0.379 e. The summed E-state index contributed by atoms with van der Waals surface area (Å²) in [5, 5.41) is 0. The fourth-order valence-electron chi connectivity index (χ4n) is 1.47. The quantitative estimate of drug-likeness (QED) is 0.616. The average Bonchev–Trinajstić information content (AvgIpc) is 2.19. The molecule has 0 aromatic heterocycles. The maximum atomic E-state index is 5.30. The molecule has 0 N–H and O–H groups in total. The molecule has 0 saturated carbocycles. The molecule has 2 heteroatoms. The molecule has 0 amide bonds. The minimum atomic E-state index is 0.882. The Balaban J connectivity index is 2.36. The normalized spacial score (nSPS) is 21.2. The number of hydrogen-bond donors (Lipinski definition) is 0. The molecule has 0 unspecified atom stereocenters. The molecule has 1 saturated heterocycles. The summed E-state index contributed by atoms with van der Waals surface area (Å²) in [4.78, 5) is 2.43. The SMILES string of the molecule is CC=CC(=CC)CN1CCOCC1. The molecule has 1 fully saturated rings. The van der Waals surface area contributed by atoms with Crippen LogP contribution < -0.4 is 0 Å². The van der Waals surface area contributed by atoms with E-state index in [1.54, 1.807) is 0 Å². The van der Waals surface area contributed by atoms with E-state index < -0.39 is 0 Å². The third-order valence-corrected chi connectivity index (χ3v) is 2.26. The van der Waals surface area contributed by atoms with Gasteiger partial charge in [0.25, 0.3) is 0 Å². The van der Waals surface area contributed by atoms with Gasteiger partial charge in [0.1, 0.15) is 0 Å². The first-order valence-corrected chi connectivity index (χ1v) is 4.94. The fraction of sp³-hybridized carbons (Fsp3) is 0.636. The molecule has 0 aliphatic carbocycles. The minimum absolute atomic E-state index is 0.882. The van der Waals surface area contributed by atoms with Crippen LogP contribution in [0.25, 0.3) is 0 Å². The zero-order valence-electron chi connectivity index (χ0n) is 8.62. The van der Waals surface area contributed by atoms with E-state index in [1.165, 1.54) is 5.57 Å². The second-order valence-electron chi connectivity index (χ2n) is 3.25. The standard InChI is InChI=1S/C11H19NO/c1-3-5-11(4-2)10-12-6-8-13-9-7-12/h3-5H,6-10H2,1-2H3. The molecular formula is C11H19NO. The zero-order valence-corrected chi connectivity index (χ0v) is 8.62. The van der Waals surface area contributed by atoms with Gasteiger partial charge in [-0.15, -0.1) is 0 Å². The van der Waals surface area contributed by atoms with Gasteiger partial charge in [-0.25, -0.2) is 0 Å². The van der Waals surface area contributed by atoms with Crippen LogP contribution >= 0.6 is 0 Å². The fourth-order valence-corrected chi connectivity index (χ4v) is 1.47. The summed E-state index contributed by atoms with van der Waals surface area (Å²) in [5.74, 6) is 0. The van der Waals surface area contributed by atoms with Crippen LogP contribution in [0.5, 0.6) is 0 Å². The average molecular weight is 181 g/mol. The molecule has 74 valence electrons. The number of nitrogens with zero attached hydrogens (tertiary/aromatic N) is 1. The maximum Gasteiger partial charge on any atom is 0.0594 e. The van der Waals surface area contributed by atoms with Crippen molar-refractivity contribution in [2.75, 3.05) is 32.8 Å². The van der Waals surface area contributed by atoms with Crippen molar-refractivity contribution in [3.8, 4) is 0 Å². The minimum Gasteiger partial charge on any atom is -0.379 e. The van der Waals surface area contributed by atoms with Crippen LogP contribution in [0.3, 0.4) is 0 Å². The molecule has 0 atom stereocenters. The van der Waals surface area contributed by atoms with Gasteiger partial charge in [0.05, 0.1) is 13.2 Å².